The van der Waals surface area contributed by atoms with Crippen molar-refractivity contribution in [2.24, 2.45) is 28.6 Å². The van der Waals surface area contributed by atoms with E-state index in [-0.39, 0.29) is 5.41 Å². The quantitative estimate of drug-likeness (QED) is 0.785. The van der Waals surface area contributed by atoms with Gasteiger partial charge >= 0.3 is 0 Å². The molecule has 0 aromatic carbocycles. The van der Waals surface area contributed by atoms with Gasteiger partial charge in [0.05, 0.1) is 0 Å². The first kappa shape index (κ1) is 14.5. The van der Waals surface area contributed by atoms with Gasteiger partial charge in [-0.3, -0.25) is 4.79 Å². The Kier molecular flexibility index (Phi) is 3.12. The van der Waals surface area contributed by atoms with Crippen LogP contribution in [0.25, 0.3) is 0 Å². The van der Waals surface area contributed by atoms with Gasteiger partial charge in [0, 0.05) is 24.6 Å². The lowest BCUT2D eigenvalue weighted by molar-refractivity contribution is -0.131. The van der Waals surface area contributed by atoms with Crippen molar-refractivity contribution in [3.63, 3.8) is 0 Å². The van der Waals surface area contributed by atoms with E-state index in [4.69, 9.17) is 0 Å². The number of hydrogen-bond donors (Lipinski definition) is 1. The SMILES string of the molecule is CNC1=CC2=CCC3C(CC[C@]4(C)C(=O)CCC34)[C@@]2(C)CC1. The van der Waals surface area contributed by atoms with Crippen LogP contribution in [0, 0.1) is 28.6 Å². The highest BCUT2D eigenvalue weighted by molar-refractivity contribution is 5.87. The molecule has 0 heterocycles. The van der Waals surface area contributed by atoms with Gasteiger partial charge in [-0.1, -0.05) is 19.9 Å². The van der Waals surface area contributed by atoms with Gasteiger partial charge in [-0.25, -0.2) is 0 Å². The van der Waals surface area contributed by atoms with E-state index in [1.807, 2.05) is 7.05 Å². The van der Waals surface area contributed by atoms with Crippen molar-refractivity contribution in [2.45, 2.75) is 58.8 Å². The van der Waals surface area contributed by atoms with E-state index in [9.17, 15) is 4.79 Å². The Labute approximate surface area is 134 Å². The maximum Gasteiger partial charge on any atom is 0.139 e. The number of fused-ring (bicyclic) bond motifs is 5. The van der Waals surface area contributed by atoms with Crippen LogP contribution in [0.1, 0.15) is 58.8 Å². The minimum absolute atomic E-state index is 0.00348. The summed E-state index contributed by atoms with van der Waals surface area (Å²) in [5.74, 6) is 2.72. The first-order valence-electron chi connectivity index (χ1n) is 9.11. The van der Waals surface area contributed by atoms with Crippen molar-refractivity contribution in [1.29, 1.82) is 0 Å². The Morgan fingerprint density at radius 2 is 1.86 bits per heavy atom. The third-order valence-corrected chi connectivity index (χ3v) is 7.80. The molecule has 0 spiro atoms. The number of hydrogen-bond acceptors (Lipinski definition) is 2. The van der Waals surface area contributed by atoms with E-state index in [1.54, 1.807) is 5.57 Å². The summed E-state index contributed by atoms with van der Waals surface area (Å²) in [4.78, 5) is 12.4. The van der Waals surface area contributed by atoms with E-state index < -0.39 is 0 Å². The van der Waals surface area contributed by atoms with Crippen LogP contribution in [0.4, 0.5) is 0 Å². The molecule has 0 aliphatic heterocycles. The van der Waals surface area contributed by atoms with Crippen molar-refractivity contribution in [3.05, 3.63) is 23.4 Å². The molecule has 120 valence electrons. The van der Waals surface area contributed by atoms with Crippen LogP contribution in [0.3, 0.4) is 0 Å². The molecule has 4 aliphatic carbocycles. The van der Waals surface area contributed by atoms with Gasteiger partial charge in [-0.05, 0) is 73.3 Å². The molecule has 4 aliphatic rings. The summed E-state index contributed by atoms with van der Waals surface area (Å²) in [6.07, 6.45) is 12.9. The molecule has 5 atom stereocenters. The lowest BCUT2D eigenvalue weighted by atomic mass is 9.49. The van der Waals surface area contributed by atoms with Crippen LogP contribution in [-0.4, -0.2) is 12.8 Å². The van der Waals surface area contributed by atoms with Crippen molar-refractivity contribution in [2.75, 3.05) is 7.05 Å². The molecule has 1 N–H and O–H groups in total. The third-order valence-electron chi connectivity index (χ3n) is 7.80. The van der Waals surface area contributed by atoms with Gasteiger partial charge in [0.2, 0.25) is 0 Å². The average Bonchev–Trinajstić information content (AvgIpc) is 2.82. The van der Waals surface area contributed by atoms with E-state index in [1.165, 1.54) is 31.4 Å². The van der Waals surface area contributed by atoms with Crippen LogP contribution in [0.2, 0.25) is 0 Å². The van der Waals surface area contributed by atoms with Crippen LogP contribution >= 0.6 is 0 Å². The summed E-state index contributed by atoms with van der Waals surface area (Å²) in [6.45, 7) is 4.77. The maximum atomic E-state index is 12.4. The molecule has 2 fully saturated rings. The summed E-state index contributed by atoms with van der Waals surface area (Å²) in [7, 11) is 2.04. The van der Waals surface area contributed by atoms with E-state index in [2.05, 4.69) is 31.3 Å². The number of nitrogens with one attached hydrogen (secondary N) is 1. The molecule has 2 heteroatoms. The molecular formula is C20H29NO. The second kappa shape index (κ2) is 4.72. The van der Waals surface area contributed by atoms with Gasteiger partial charge in [0.1, 0.15) is 5.78 Å². The highest BCUT2D eigenvalue weighted by Gasteiger charge is 2.58. The number of Topliss-reactive ketones (excluding diaryl/α,β-unsaturated/α-hetero) is 1. The third kappa shape index (κ3) is 1.76. The molecule has 2 saturated carbocycles. The zero-order valence-electron chi connectivity index (χ0n) is 14.2. The van der Waals surface area contributed by atoms with Crippen molar-refractivity contribution < 1.29 is 4.79 Å². The van der Waals surface area contributed by atoms with Gasteiger partial charge in [0.25, 0.3) is 0 Å². The standard InChI is InChI=1S/C20H29NO/c1-19-10-8-14(21-3)12-13(19)4-5-15-16-6-7-18(22)20(16,2)11-9-17(15)19/h4,12,15-17,21H,5-11H2,1-3H3/t15?,16?,17?,19-,20-/m0/s1. The molecular weight excluding hydrogens is 270 g/mol. The molecule has 0 amide bonds. The summed E-state index contributed by atoms with van der Waals surface area (Å²) >= 11 is 0. The van der Waals surface area contributed by atoms with E-state index >= 15 is 0 Å². The topological polar surface area (TPSA) is 29.1 Å². The van der Waals surface area contributed by atoms with Gasteiger partial charge < -0.3 is 5.32 Å². The van der Waals surface area contributed by atoms with Crippen LogP contribution in [-0.2, 0) is 4.79 Å². The largest absolute Gasteiger partial charge is 0.391 e. The molecule has 0 saturated heterocycles. The number of rotatable bonds is 1. The fraction of sp³-hybridized carbons (Fsp3) is 0.750. The van der Waals surface area contributed by atoms with E-state index in [0.717, 1.165) is 31.1 Å². The minimum Gasteiger partial charge on any atom is -0.391 e. The van der Waals surface area contributed by atoms with Crippen LogP contribution in [0.5, 0.6) is 0 Å². The first-order chi connectivity index (χ1) is 10.5. The predicted molar refractivity (Wildman–Crippen MR) is 89.2 cm³/mol. The number of ketones is 1. The fourth-order valence-corrected chi connectivity index (χ4v) is 6.29. The first-order valence-corrected chi connectivity index (χ1v) is 9.11. The average molecular weight is 299 g/mol. The van der Waals surface area contributed by atoms with Crippen LogP contribution in [0.15, 0.2) is 23.4 Å². The zero-order valence-corrected chi connectivity index (χ0v) is 14.2. The van der Waals surface area contributed by atoms with Gasteiger partial charge in [-0.2, -0.15) is 0 Å². The lowest BCUT2D eigenvalue weighted by Crippen LogP contribution is -2.49. The maximum absolute atomic E-state index is 12.4. The van der Waals surface area contributed by atoms with Crippen molar-refractivity contribution >= 4 is 5.78 Å². The van der Waals surface area contributed by atoms with Gasteiger partial charge in [0.15, 0.2) is 0 Å². The summed E-state index contributed by atoms with van der Waals surface area (Å²) in [5, 5.41) is 3.35. The highest BCUT2D eigenvalue weighted by Crippen LogP contribution is 2.63. The Morgan fingerprint density at radius 1 is 1.09 bits per heavy atom. The number of carbonyl (C=O) groups is 1. The minimum atomic E-state index is 0.00348. The molecule has 0 aromatic heterocycles. The highest BCUT2D eigenvalue weighted by atomic mass is 16.1. The Balaban J connectivity index is 1.71. The summed E-state index contributed by atoms with van der Waals surface area (Å²) in [6, 6.07) is 0. The monoisotopic (exact) mass is 299 g/mol. The molecule has 3 unspecified atom stereocenters. The Morgan fingerprint density at radius 3 is 2.64 bits per heavy atom. The van der Waals surface area contributed by atoms with Gasteiger partial charge in [-0.15, -0.1) is 0 Å². The van der Waals surface area contributed by atoms with Crippen LogP contribution < -0.4 is 5.32 Å². The number of allylic oxidation sites excluding steroid dienone is 4. The Bertz CT molecular complexity index is 574. The molecule has 0 radical (unpaired) electrons. The number of carbonyl (C=O) groups excluding carboxylic acids is 1. The second-order valence-electron chi connectivity index (χ2n) is 8.53. The molecule has 2 nitrogen and oxygen atoms in total. The second-order valence-corrected chi connectivity index (χ2v) is 8.53. The lowest BCUT2D eigenvalue weighted by Gasteiger charge is -2.55. The van der Waals surface area contributed by atoms with E-state index in [0.29, 0.717) is 17.1 Å². The normalized spacial score (nSPS) is 47.0. The smallest absolute Gasteiger partial charge is 0.139 e. The summed E-state index contributed by atoms with van der Waals surface area (Å²) < 4.78 is 0. The Hall–Kier alpha value is -1.05. The van der Waals surface area contributed by atoms with Crippen molar-refractivity contribution in [1.82, 2.24) is 5.32 Å². The predicted octanol–water partition coefficient (Wildman–Crippen LogP) is 4.23. The molecule has 22 heavy (non-hydrogen) atoms. The molecule has 0 aromatic rings. The fourth-order valence-electron chi connectivity index (χ4n) is 6.29. The van der Waals surface area contributed by atoms with Crippen molar-refractivity contribution in [3.8, 4) is 0 Å². The summed E-state index contributed by atoms with van der Waals surface area (Å²) in [5.41, 5.74) is 3.30. The molecule has 0 bridgehead atoms. The zero-order chi connectivity index (χ0) is 15.5. The molecule has 4 rings (SSSR count).